The van der Waals surface area contributed by atoms with Gasteiger partial charge >= 0.3 is 0 Å². The molecule has 24 heavy (non-hydrogen) atoms. The van der Waals surface area contributed by atoms with E-state index >= 15 is 0 Å². The van der Waals surface area contributed by atoms with Crippen molar-refractivity contribution in [2.24, 2.45) is 5.92 Å². The highest BCUT2D eigenvalue weighted by Gasteiger charge is 2.30. The third-order valence-corrected chi connectivity index (χ3v) is 4.45. The van der Waals surface area contributed by atoms with Crippen LogP contribution in [0.25, 0.3) is 0 Å². The number of amides is 1. The van der Waals surface area contributed by atoms with E-state index in [1.54, 1.807) is 26.4 Å². The number of carbonyl (C=O) groups is 1. The number of ether oxygens (including phenoxy) is 2. The number of halogens is 1. The molecule has 2 rings (SSSR count). The minimum Gasteiger partial charge on any atom is -0.495 e. The first-order chi connectivity index (χ1) is 11.4. The second-order valence-corrected chi connectivity index (χ2v) is 7.03. The van der Waals surface area contributed by atoms with Gasteiger partial charge in [0.2, 0.25) is 5.91 Å². The molecule has 0 aliphatic heterocycles. The number of rotatable bonds is 9. The molecule has 134 valence electrons. The van der Waals surface area contributed by atoms with Crippen LogP contribution in [0.1, 0.15) is 33.1 Å². The fraction of sp³-hybridized carbons (Fsp3) is 0.611. The van der Waals surface area contributed by atoms with Crippen molar-refractivity contribution in [2.45, 2.75) is 39.2 Å². The zero-order chi connectivity index (χ0) is 17.7. The average molecular weight is 355 g/mol. The maximum Gasteiger partial charge on any atom is 0.238 e. The third kappa shape index (κ3) is 5.28. The van der Waals surface area contributed by atoms with Crippen LogP contribution in [0.5, 0.6) is 11.5 Å². The Morgan fingerprint density at radius 2 is 1.96 bits per heavy atom. The first-order valence-corrected chi connectivity index (χ1v) is 8.77. The number of carbonyl (C=O) groups excluding carboxylic acids is 1. The van der Waals surface area contributed by atoms with Crippen molar-refractivity contribution < 1.29 is 14.3 Å². The molecule has 1 saturated carbocycles. The summed E-state index contributed by atoms with van der Waals surface area (Å²) >= 11 is 6.10. The fourth-order valence-corrected chi connectivity index (χ4v) is 2.82. The molecule has 0 bridgehead atoms. The Balaban J connectivity index is 2.02. The quantitative estimate of drug-likeness (QED) is 0.732. The lowest BCUT2D eigenvalue weighted by atomic mass is 10.1. The van der Waals surface area contributed by atoms with Crippen LogP contribution in [0.15, 0.2) is 12.1 Å². The normalized spacial score (nSPS) is 14.1. The van der Waals surface area contributed by atoms with Crippen molar-refractivity contribution >= 4 is 23.2 Å². The molecule has 1 aromatic rings. The average Bonchev–Trinajstić information content (AvgIpc) is 3.37. The summed E-state index contributed by atoms with van der Waals surface area (Å²) in [6.45, 7) is 5.76. The van der Waals surface area contributed by atoms with Gasteiger partial charge in [0.25, 0.3) is 0 Å². The first-order valence-electron chi connectivity index (χ1n) is 8.40. The summed E-state index contributed by atoms with van der Waals surface area (Å²) in [5.41, 5.74) is 0.573. The first kappa shape index (κ1) is 18.9. The van der Waals surface area contributed by atoms with Crippen LogP contribution in [-0.4, -0.2) is 44.2 Å². The van der Waals surface area contributed by atoms with Gasteiger partial charge in [-0.2, -0.15) is 0 Å². The van der Waals surface area contributed by atoms with Crippen molar-refractivity contribution in [1.29, 1.82) is 0 Å². The van der Waals surface area contributed by atoms with Crippen molar-refractivity contribution in [2.75, 3.05) is 32.6 Å². The molecule has 0 atom stereocenters. The van der Waals surface area contributed by atoms with Crippen molar-refractivity contribution in [1.82, 2.24) is 4.90 Å². The molecular formula is C18H27ClN2O3. The molecule has 1 N–H and O–H groups in total. The second-order valence-electron chi connectivity index (χ2n) is 6.62. The summed E-state index contributed by atoms with van der Waals surface area (Å²) in [4.78, 5) is 14.7. The van der Waals surface area contributed by atoms with Crippen molar-refractivity contribution in [3.8, 4) is 11.5 Å². The summed E-state index contributed by atoms with van der Waals surface area (Å²) in [7, 11) is 3.09. The van der Waals surface area contributed by atoms with E-state index in [4.69, 9.17) is 21.1 Å². The van der Waals surface area contributed by atoms with E-state index in [2.05, 4.69) is 24.1 Å². The van der Waals surface area contributed by atoms with E-state index in [1.807, 2.05) is 0 Å². The minimum atomic E-state index is -0.0478. The molecule has 1 aliphatic carbocycles. The van der Waals surface area contributed by atoms with E-state index < -0.39 is 0 Å². The van der Waals surface area contributed by atoms with Crippen LogP contribution in [0.3, 0.4) is 0 Å². The van der Waals surface area contributed by atoms with Gasteiger partial charge in [0.15, 0.2) is 0 Å². The zero-order valence-corrected chi connectivity index (χ0v) is 15.7. The van der Waals surface area contributed by atoms with Crippen LogP contribution in [0.2, 0.25) is 5.02 Å². The molecule has 0 radical (unpaired) electrons. The highest BCUT2D eigenvalue weighted by Crippen LogP contribution is 2.36. The standard InChI is InChI=1S/C18H27ClN2O3/c1-12(2)7-8-21(13-5-6-13)11-18(22)20-15-10-16(23-3)14(19)9-17(15)24-4/h9-10,12-13H,5-8,11H2,1-4H3,(H,20,22). The molecule has 0 saturated heterocycles. The van der Waals surface area contributed by atoms with E-state index in [0.717, 1.165) is 13.0 Å². The molecule has 6 heteroatoms. The Morgan fingerprint density at radius 3 is 2.50 bits per heavy atom. The summed E-state index contributed by atoms with van der Waals surface area (Å²) in [6, 6.07) is 3.89. The van der Waals surface area contributed by atoms with Gasteiger partial charge < -0.3 is 14.8 Å². The van der Waals surface area contributed by atoms with Crippen molar-refractivity contribution in [3.63, 3.8) is 0 Å². The predicted octanol–water partition coefficient (Wildman–Crippen LogP) is 3.81. The lowest BCUT2D eigenvalue weighted by Crippen LogP contribution is -2.36. The number of anilines is 1. The highest BCUT2D eigenvalue weighted by atomic mass is 35.5. The topological polar surface area (TPSA) is 50.8 Å². The lowest BCUT2D eigenvalue weighted by Gasteiger charge is -2.22. The van der Waals surface area contributed by atoms with Gasteiger partial charge in [0, 0.05) is 18.2 Å². The largest absolute Gasteiger partial charge is 0.495 e. The van der Waals surface area contributed by atoms with E-state index in [9.17, 15) is 4.79 Å². The monoisotopic (exact) mass is 354 g/mol. The van der Waals surface area contributed by atoms with Gasteiger partial charge in [-0.25, -0.2) is 0 Å². The smallest absolute Gasteiger partial charge is 0.238 e. The SMILES string of the molecule is COc1cc(NC(=O)CN(CCC(C)C)C2CC2)c(OC)cc1Cl. The molecule has 1 aromatic carbocycles. The van der Waals surface area contributed by atoms with Crippen LogP contribution in [0, 0.1) is 5.92 Å². The number of hydrogen-bond acceptors (Lipinski definition) is 4. The second kappa shape index (κ2) is 8.58. The minimum absolute atomic E-state index is 0.0478. The summed E-state index contributed by atoms with van der Waals surface area (Å²) in [6.07, 6.45) is 3.47. The third-order valence-electron chi connectivity index (χ3n) is 4.15. The maximum absolute atomic E-state index is 12.5. The van der Waals surface area contributed by atoms with Crippen LogP contribution >= 0.6 is 11.6 Å². The number of nitrogens with one attached hydrogen (secondary N) is 1. The van der Waals surface area contributed by atoms with E-state index in [0.29, 0.717) is 40.7 Å². The van der Waals surface area contributed by atoms with Gasteiger partial charge in [0.1, 0.15) is 11.5 Å². The number of hydrogen-bond donors (Lipinski definition) is 1. The van der Waals surface area contributed by atoms with Crippen molar-refractivity contribution in [3.05, 3.63) is 17.2 Å². The fourth-order valence-electron chi connectivity index (χ4n) is 2.59. The van der Waals surface area contributed by atoms with Gasteiger partial charge in [-0.1, -0.05) is 25.4 Å². The Hall–Kier alpha value is -1.46. The molecule has 1 aliphatic rings. The van der Waals surface area contributed by atoms with Crippen LogP contribution < -0.4 is 14.8 Å². The number of methoxy groups -OCH3 is 2. The number of benzene rings is 1. The van der Waals surface area contributed by atoms with Gasteiger partial charge in [-0.3, -0.25) is 9.69 Å². The van der Waals surface area contributed by atoms with Crippen LogP contribution in [-0.2, 0) is 4.79 Å². The summed E-state index contributed by atoms with van der Waals surface area (Å²) in [5.74, 6) is 1.61. The molecule has 1 amide bonds. The maximum atomic E-state index is 12.5. The molecule has 1 fully saturated rings. The summed E-state index contributed by atoms with van der Waals surface area (Å²) < 4.78 is 10.5. The van der Waals surface area contributed by atoms with Crippen LogP contribution in [0.4, 0.5) is 5.69 Å². The highest BCUT2D eigenvalue weighted by molar-refractivity contribution is 6.32. The molecule has 0 heterocycles. The van der Waals surface area contributed by atoms with Gasteiger partial charge in [0.05, 0.1) is 31.5 Å². The molecule has 0 aromatic heterocycles. The van der Waals surface area contributed by atoms with Gasteiger partial charge in [-0.15, -0.1) is 0 Å². The number of nitrogens with zero attached hydrogens (tertiary/aromatic N) is 1. The molecule has 0 spiro atoms. The van der Waals surface area contributed by atoms with E-state index in [-0.39, 0.29) is 5.91 Å². The zero-order valence-electron chi connectivity index (χ0n) is 14.9. The Kier molecular flexibility index (Phi) is 6.75. The summed E-state index contributed by atoms with van der Waals surface area (Å²) in [5, 5.41) is 3.37. The predicted molar refractivity (Wildman–Crippen MR) is 97.2 cm³/mol. The van der Waals surface area contributed by atoms with Gasteiger partial charge in [-0.05, 0) is 31.7 Å². The Bertz CT molecular complexity index is 574. The molecular weight excluding hydrogens is 328 g/mol. The molecule has 0 unspecified atom stereocenters. The van der Waals surface area contributed by atoms with E-state index in [1.165, 1.54) is 12.8 Å². The lowest BCUT2D eigenvalue weighted by molar-refractivity contribution is -0.117. The Morgan fingerprint density at radius 1 is 1.29 bits per heavy atom. The Labute approximate surface area is 149 Å². The molecule has 5 nitrogen and oxygen atoms in total.